The molecule has 2 aliphatic rings. The number of carbonyl (C=O) groups excluding carboxylic acids is 2. The Morgan fingerprint density at radius 3 is 2.77 bits per heavy atom. The Morgan fingerprint density at radius 2 is 1.97 bits per heavy atom. The molecule has 2 aromatic carbocycles. The summed E-state index contributed by atoms with van der Waals surface area (Å²) in [6, 6.07) is 11.2. The van der Waals surface area contributed by atoms with E-state index in [9.17, 15) is 14.0 Å². The molecular weight excluding hydrogens is 445 g/mol. The highest BCUT2D eigenvalue weighted by molar-refractivity contribution is 5.97. The normalized spacial score (nSPS) is 16.5. The number of rotatable bonds is 10. The monoisotopic (exact) mass is 481 g/mol. The van der Waals surface area contributed by atoms with Crippen LogP contribution in [0.25, 0.3) is 0 Å². The van der Waals surface area contributed by atoms with Gasteiger partial charge >= 0.3 is 0 Å². The van der Waals surface area contributed by atoms with Gasteiger partial charge in [0.25, 0.3) is 5.91 Å². The minimum Gasteiger partial charge on any atom is -0.497 e. The van der Waals surface area contributed by atoms with Gasteiger partial charge in [-0.1, -0.05) is 38.2 Å². The number of methoxy groups -OCH3 is 1. The highest BCUT2D eigenvalue weighted by atomic mass is 19.1. The molecule has 4 rings (SSSR count). The summed E-state index contributed by atoms with van der Waals surface area (Å²) in [6.07, 6.45) is 8.55. The Labute approximate surface area is 207 Å². The van der Waals surface area contributed by atoms with Crippen molar-refractivity contribution < 1.29 is 18.7 Å². The number of benzene rings is 2. The zero-order valence-corrected chi connectivity index (χ0v) is 20.5. The molecule has 0 saturated heterocycles. The largest absolute Gasteiger partial charge is 0.497 e. The Bertz CT molecular complexity index is 1020. The van der Waals surface area contributed by atoms with Gasteiger partial charge in [-0.15, -0.1) is 0 Å². The Kier molecular flexibility index (Phi) is 8.61. The molecular formula is C28H36FN3O3. The van der Waals surface area contributed by atoms with E-state index in [1.165, 1.54) is 38.2 Å². The van der Waals surface area contributed by atoms with Crippen molar-refractivity contribution in [3.63, 3.8) is 0 Å². The van der Waals surface area contributed by atoms with Crippen molar-refractivity contribution in [1.82, 2.24) is 10.6 Å². The summed E-state index contributed by atoms with van der Waals surface area (Å²) >= 11 is 0. The molecule has 1 fully saturated rings. The summed E-state index contributed by atoms with van der Waals surface area (Å²) in [5.74, 6) is 0.575. The van der Waals surface area contributed by atoms with Crippen molar-refractivity contribution in [1.29, 1.82) is 0 Å². The van der Waals surface area contributed by atoms with Crippen molar-refractivity contribution in [3.8, 4) is 5.75 Å². The maximum atomic E-state index is 13.5. The van der Waals surface area contributed by atoms with Crippen LogP contribution in [0.15, 0.2) is 42.5 Å². The third kappa shape index (κ3) is 6.74. The second-order valence-corrected chi connectivity index (χ2v) is 9.64. The van der Waals surface area contributed by atoms with Crippen LogP contribution in [0.5, 0.6) is 5.75 Å². The number of carbonyl (C=O) groups is 2. The summed E-state index contributed by atoms with van der Waals surface area (Å²) in [5.41, 5.74) is 2.51. The number of anilines is 1. The first-order chi connectivity index (χ1) is 17.0. The minimum atomic E-state index is -0.587. The maximum Gasteiger partial charge on any atom is 0.252 e. The lowest BCUT2D eigenvalue weighted by molar-refractivity contribution is -0.123. The van der Waals surface area contributed by atoms with E-state index in [1.807, 2.05) is 0 Å². The first-order valence-electron chi connectivity index (χ1n) is 12.8. The molecule has 2 N–H and O–H groups in total. The second kappa shape index (κ2) is 12.0. The molecule has 0 radical (unpaired) electrons. The first kappa shape index (κ1) is 25.0. The van der Waals surface area contributed by atoms with E-state index < -0.39 is 6.04 Å². The molecule has 1 aliphatic carbocycles. The van der Waals surface area contributed by atoms with E-state index in [0.717, 1.165) is 30.6 Å². The van der Waals surface area contributed by atoms with Crippen LogP contribution in [0, 0.1) is 11.7 Å². The molecule has 188 valence electrons. The van der Waals surface area contributed by atoms with Crippen molar-refractivity contribution >= 4 is 17.5 Å². The second-order valence-electron chi connectivity index (χ2n) is 9.64. The smallest absolute Gasteiger partial charge is 0.252 e. The average molecular weight is 482 g/mol. The molecule has 35 heavy (non-hydrogen) atoms. The molecule has 0 bridgehead atoms. The van der Waals surface area contributed by atoms with Gasteiger partial charge in [0.05, 0.1) is 7.11 Å². The summed E-state index contributed by atoms with van der Waals surface area (Å²) in [5, 5.41) is 5.99. The Balaban J connectivity index is 1.35. The predicted molar refractivity (Wildman–Crippen MR) is 135 cm³/mol. The van der Waals surface area contributed by atoms with Gasteiger partial charge in [0.2, 0.25) is 5.91 Å². The number of nitrogens with zero attached hydrogens (tertiary/aromatic N) is 1. The highest BCUT2D eigenvalue weighted by Crippen LogP contribution is 2.29. The van der Waals surface area contributed by atoms with E-state index in [1.54, 1.807) is 43.5 Å². The van der Waals surface area contributed by atoms with Crippen LogP contribution in [0.3, 0.4) is 0 Å². The van der Waals surface area contributed by atoms with E-state index in [2.05, 4.69) is 15.5 Å². The number of hydrogen-bond acceptors (Lipinski definition) is 4. The van der Waals surface area contributed by atoms with Crippen molar-refractivity contribution in [2.24, 2.45) is 5.92 Å². The van der Waals surface area contributed by atoms with Gasteiger partial charge in [-0.3, -0.25) is 9.59 Å². The quantitative estimate of drug-likeness (QED) is 0.525. The van der Waals surface area contributed by atoms with Gasteiger partial charge in [0.1, 0.15) is 17.6 Å². The lowest BCUT2D eigenvalue weighted by Gasteiger charge is -2.25. The Morgan fingerprint density at radius 1 is 1.14 bits per heavy atom. The van der Waals surface area contributed by atoms with Gasteiger partial charge in [-0.25, -0.2) is 4.39 Å². The van der Waals surface area contributed by atoms with Crippen LogP contribution in [-0.4, -0.2) is 44.6 Å². The van der Waals surface area contributed by atoms with Crippen LogP contribution < -0.4 is 20.3 Å². The summed E-state index contributed by atoms with van der Waals surface area (Å²) in [7, 11) is 1.56. The average Bonchev–Trinajstić information content (AvgIpc) is 3.28. The third-order valence-electron chi connectivity index (χ3n) is 7.26. The van der Waals surface area contributed by atoms with Crippen LogP contribution in [0.2, 0.25) is 0 Å². The van der Waals surface area contributed by atoms with Crippen LogP contribution in [-0.2, 0) is 11.2 Å². The molecule has 1 heterocycles. The van der Waals surface area contributed by atoms with Gasteiger partial charge in [0.15, 0.2) is 0 Å². The Hall–Kier alpha value is -3.09. The molecule has 1 saturated carbocycles. The molecule has 6 nitrogen and oxygen atoms in total. The number of hydrogen-bond donors (Lipinski definition) is 2. The predicted octanol–water partition coefficient (Wildman–Crippen LogP) is 4.47. The van der Waals surface area contributed by atoms with Crippen molar-refractivity contribution in [2.45, 2.75) is 57.4 Å². The fourth-order valence-electron chi connectivity index (χ4n) is 5.26. The number of halogens is 1. The standard InChI is InChI=1S/C28H36FN3O3/c1-35-24-9-5-8-22(19-24)27(33)31-25(12-10-20-6-3-2-4-7-20)28(34)30-15-17-32-16-14-21-18-23(29)11-13-26(21)32/h5,8-9,11,13,18-20,25H,2-4,6-7,10,12,14-17H2,1H3,(H,30,34)(H,31,33). The molecule has 1 aliphatic heterocycles. The molecule has 0 aromatic heterocycles. The van der Waals surface area contributed by atoms with E-state index in [4.69, 9.17) is 4.74 Å². The van der Waals surface area contributed by atoms with E-state index >= 15 is 0 Å². The van der Waals surface area contributed by atoms with Crippen LogP contribution >= 0.6 is 0 Å². The molecule has 0 spiro atoms. The summed E-state index contributed by atoms with van der Waals surface area (Å²) in [6.45, 7) is 1.92. The fourth-order valence-corrected chi connectivity index (χ4v) is 5.26. The highest BCUT2D eigenvalue weighted by Gasteiger charge is 2.25. The lowest BCUT2D eigenvalue weighted by Crippen LogP contribution is -2.48. The lowest BCUT2D eigenvalue weighted by atomic mass is 9.85. The van der Waals surface area contributed by atoms with E-state index in [0.29, 0.717) is 36.7 Å². The maximum absolute atomic E-state index is 13.5. The van der Waals surface area contributed by atoms with Crippen LogP contribution in [0.4, 0.5) is 10.1 Å². The molecule has 1 atom stereocenters. The molecule has 2 amide bonds. The van der Waals surface area contributed by atoms with Crippen molar-refractivity contribution in [2.75, 3.05) is 31.6 Å². The number of fused-ring (bicyclic) bond motifs is 1. The summed E-state index contributed by atoms with van der Waals surface area (Å²) < 4.78 is 18.7. The number of nitrogens with one attached hydrogen (secondary N) is 2. The van der Waals surface area contributed by atoms with Gasteiger partial charge < -0.3 is 20.3 Å². The van der Waals surface area contributed by atoms with Crippen LogP contribution in [0.1, 0.15) is 60.9 Å². The first-order valence-corrected chi connectivity index (χ1v) is 12.8. The molecule has 1 unspecified atom stereocenters. The number of amides is 2. The van der Waals surface area contributed by atoms with Crippen molar-refractivity contribution in [3.05, 3.63) is 59.4 Å². The number of ether oxygens (including phenoxy) is 1. The van der Waals surface area contributed by atoms with Gasteiger partial charge in [-0.05, 0) is 67.1 Å². The summed E-state index contributed by atoms with van der Waals surface area (Å²) in [4.78, 5) is 28.3. The fraction of sp³-hybridized carbons (Fsp3) is 0.500. The van der Waals surface area contributed by atoms with E-state index in [-0.39, 0.29) is 17.6 Å². The zero-order chi connectivity index (χ0) is 24.6. The van der Waals surface area contributed by atoms with Gasteiger partial charge in [-0.2, -0.15) is 0 Å². The SMILES string of the molecule is COc1cccc(C(=O)NC(CCC2CCCCC2)C(=O)NCCN2CCc3cc(F)ccc32)c1. The third-order valence-corrected chi connectivity index (χ3v) is 7.26. The zero-order valence-electron chi connectivity index (χ0n) is 20.5. The molecule has 2 aromatic rings. The van der Waals surface area contributed by atoms with Gasteiger partial charge in [0, 0.05) is 30.9 Å². The molecule has 7 heteroatoms. The topological polar surface area (TPSA) is 70.7 Å². The minimum absolute atomic E-state index is 0.157.